The van der Waals surface area contributed by atoms with Crippen molar-refractivity contribution in [1.82, 2.24) is 10.2 Å². The van der Waals surface area contributed by atoms with E-state index < -0.39 is 17.1 Å². The first-order valence-corrected chi connectivity index (χ1v) is 9.96. The van der Waals surface area contributed by atoms with E-state index in [-0.39, 0.29) is 18.1 Å². The summed E-state index contributed by atoms with van der Waals surface area (Å²) in [5.74, 6) is -0.524. The topological polar surface area (TPSA) is 99.5 Å². The number of rotatable bonds is 7. The summed E-state index contributed by atoms with van der Waals surface area (Å²) in [7, 11) is 0. The minimum Gasteiger partial charge on any atom is -0.478 e. The number of para-hydroxylation sites is 1. The van der Waals surface area contributed by atoms with E-state index in [1.807, 2.05) is 37.3 Å². The summed E-state index contributed by atoms with van der Waals surface area (Å²) in [4.78, 5) is 38.2. The molecule has 7 nitrogen and oxygen atoms in total. The first-order valence-electron chi connectivity index (χ1n) is 9.14. The van der Waals surface area contributed by atoms with E-state index in [1.165, 1.54) is 6.08 Å². The maximum atomic E-state index is 12.6. The molecule has 3 rings (SSSR count). The number of nitriles is 1. The molecule has 1 aliphatic heterocycles. The van der Waals surface area contributed by atoms with Crippen LogP contribution in [0.4, 0.5) is 4.79 Å². The van der Waals surface area contributed by atoms with Crippen LogP contribution in [0.1, 0.15) is 16.7 Å². The number of hydrogen-bond donors (Lipinski definition) is 1. The lowest BCUT2D eigenvalue weighted by atomic mass is 10.1. The maximum absolute atomic E-state index is 12.6. The molecule has 0 bridgehead atoms. The fraction of sp³-hybridized carbons (Fsp3) is 0.182. The van der Waals surface area contributed by atoms with Gasteiger partial charge in [0.05, 0.1) is 4.91 Å². The highest BCUT2D eigenvalue weighted by atomic mass is 32.2. The van der Waals surface area contributed by atoms with Crippen LogP contribution in [0.5, 0.6) is 5.75 Å². The Kier molecular flexibility index (Phi) is 6.88. The van der Waals surface area contributed by atoms with Gasteiger partial charge >= 0.3 is 0 Å². The highest BCUT2D eigenvalue weighted by molar-refractivity contribution is 8.18. The third-order valence-electron chi connectivity index (χ3n) is 4.28. The number of carbonyl (C=O) groups excluding carboxylic acids is 3. The highest BCUT2D eigenvalue weighted by Gasteiger charge is 2.36. The van der Waals surface area contributed by atoms with Crippen LogP contribution in [0.25, 0.3) is 6.08 Å². The van der Waals surface area contributed by atoms with Gasteiger partial charge in [0.25, 0.3) is 11.1 Å². The summed E-state index contributed by atoms with van der Waals surface area (Å²) >= 11 is 0.765. The van der Waals surface area contributed by atoms with Crippen LogP contribution in [0, 0.1) is 18.3 Å². The maximum Gasteiger partial charge on any atom is 0.294 e. The van der Waals surface area contributed by atoms with Crippen LogP contribution in [-0.4, -0.2) is 35.1 Å². The predicted molar refractivity (Wildman–Crippen MR) is 113 cm³/mol. The molecule has 1 saturated heterocycles. The fourth-order valence-electron chi connectivity index (χ4n) is 2.72. The third-order valence-corrected chi connectivity index (χ3v) is 5.19. The van der Waals surface area contributed by atoms with Crippen LogP contribution in [0.2, 0.25) is 0 Å². The molecule has 30 heavy (non-hydrogen) atoms. The summed E-state index contributed by atoms with van der Waals surface area (Å²) in [5, 5.41) is 10.9. The number of nitrogens with one attached hydrogen (secondary N) is 1. The fourth-order valence-corrected chi connectivity index (χ4v) is 3.55. The van der Waals surface area contributed by atoms with Gasteiger partial charge in [0, 0.05) is 12.1 Å². The zero-order chi connectivity index (χ0) is 21.5. The highest BCUT2D eigenvalue weighted by Crippen LogP contribution is 2.33. The summed E-state index contributed by atoms with van der Waals surface area (Å²) in [5.41, 5.74) is 2.62. The van der Waals surface area contributed by atoms with E-state index >= 15 is 0 Å². The quantitative estimate of drug-likeness (QED) is 0.689. The molecule has 2 aromatic rings. The van der Waals surface area contributed by atoms with E-state index in [9.17, 15) is 14.4 Å². The van der Waals surface area contributed by atoms with Gasteiger partial charge in [0.2, 0.25) is 5.91 Å². The average Bonchev–Trinajstić information content (AvgIpc) is 3.00. The number of aryl methyl sites for hydroxylation is 1. The summed E-state index contributed by atoms with van der Waals surface area (Å²) < 4.78 is 5.34. The largest absolute Gasteiger partial charge is 0.478 e. The van der Waals surface area contributed by atoms with Gasteiger partial charge in [0.15, 0.2) is 6.61 Å². The minimum atomic E-state index is -0.537. The van der Waals surface area contributed by atoms with Crippen LogP contribution >= 0.6 is 11.8 Å². The lowest BCUT2D eigenvalue weighted by molar-refractivity contribution is -0.129. The first kappa shape index (κ1) is 21.1. The van der Waals surface area contributed by atoms with Crippen molar-refractivity contribution >= 4 is 34.9 Å². The molecule has 0 aromatic heterocycles. The second kappa shape index (κ2) is 9.76. The number of nitrogens with zero attached hydrogens (tertiary/aromatic N) is 2. The van der Waals surface area contributed by atoms with E-state index in [2.05, 4.69) is 5.32 Å². The van der Waals surface area contributed by atoms with Crippen LogP contribution in [-0.2, 0) is 16.1 Å². The Labute approximate surface area is 178 Å². The molecule has 0 saturated carbocycles. The summed E-state index contributed by atoms with van der Waals surface area (Å²) in [6, 6.07) is 16.5. The lowest BCUT2D eigenvalue weighted by Gasteiger charge is -2.12. The number of ether oxygens (including phenoxy) is 1. The molecule has 1 heterocycles. The number of thioether (sulfide) groups is 1. The van der Waals surface area contributed by atoms with Crippen molar-refractivity contribution < 1.29 is 19.1 Å². The van der Waals surface area contributed by atoms with E-state index in [0.29, 0.717) is 17.9 Å². The average molecular weight is 421 g/mol. The molecule has 1 aliphatic rings. The number of carbonyl (C=O) groups is 3. The molecule has 152 valence electrons. The van der Waals surface area contributed by atoms with Crippen LogP contribution in [0.3, 0.4) is 0 Å². The van der Waals surface area contributed by atoms with Gasteiger partial charge in [-0.3, -0.25) is 19.3 Å². The molecule has 0 radical (unpaired) electrons. The van der Waals surface area contributed by atoms with Crippen molar-refractivity contribution in [3.8, 4) is 11.8 Å². The van der Waals surface area contributed by atoms with Crippen molar-refractivity contribution in [1.29, 1.82) is 5.26 Å². The molecule has 0 aliphatic carbocycles. The Bertz CT molecular complexity index is 1040. The van der Waals surface area contributed by atoms with Crippen LogP contribution in [0.15, 0.2) is 53.4 Å². The van der Waals surface area contributed by atoms with Gasteiger partial charge in [0.1, 0.15) is 18.4 Å². The van der Waals surface area contributed by atoms with Gasteiger partial charge in [-0.1, -0.05) is 48.0 Å². The van der Waals surface area contributed by atoms with Gasteiger partial charge in [-0.2, -0.15) is 5.26 Å². The Morgan fingerprint density at radius 2 is 1.93 bits per heavy atom. The summed E-state index contributed by atoms with van der Waals surface area (Å²) in [6.45, 7) is 1.81. The monoisotopic (exact) mass is 421 g/mol. The van der Waals surface area contributed by atoms with Crippen LogP contribution < -0.4 is 10.1 Å². The Morgan fingerprint density at radius 3 is 2.67 bits per heavy atom. The SMILES string of the molecule is Cc1ccc(CNC(=O)CN2C(=O)S/C(=C\c3ccccc3OCC#N)C2=O)cc1. The molecule has 3 amide bonds. The predicted octanol–water partition coefficient (Wildman–Crippen LogP) is 3.25. The van der Waals surface area contributed by atoms with Crippen molar-refractivity contribution in [3.05, 3.63) is 70.1 Å². The normalized spacial score (nSPS) is 14.7. The Morgan fingerprint density at radius 1 is 1.20 bits per heavy atom. The molecule has 0 atom stereocenters. The lowest BCUT2D eigenvalue weighted by Crippen LogP contribution is -2.39. The second-order valence-electron chi connectivity index (χ2n) is 6.51. The molecule has 0 spiro atoms. The molecule has 1 fully saturated rings. The Hall–Kier alpha value is -3.57. The van der Waals surface area contributed by atoms with E-state index in [1.54, 1.807) is 24.3 Å². The summed E-state index contributed by atoms with van der Waals surface area (Å²) in [6.07, 6.45) is 1.53. The second-order valence-corrected chi connectivity index (χ2v) is 7.51. The number of hydrogen-bond acceptors (Lipinski definition) is 6. The van der Waals surface area contributed by atoms with Gasteiger partial charge < -0.3 is 10.1 Å². The van der Waals surface area contributed by atoms with Gasteiger partial charge in [-0.15, -0.1) is 0 Å². The molecule has 1 N–H and O–H groups in total. The molecule has 8 heteroatoms. The number of imide groups is 1. The molecule has 0 unspecified atom stereocenters. The van der Waals surface area contributed by atoms with Crippen molar-refractivity contribution in [3.63, 3.8) is 0 Å². The van der Waals surface area contributed by atoms with E-state index in [4.69, 9.17) is 10.00 Å². The van der Waals surface area contributed by atoms with Crippen molar-refractivity contribution in [2.75, 3.05) is 13.2 Å². The zero-order valence-electron chi connectivity index (χ0n) is 16.3. The first-order chi connectivity index (χ1) is 14.5. The van der Waals surface area contributed by atoms with E-state index in [0.717, 1.165) is 27.8 Å². The van der Waals surface area contributed by atoms with Crippen molar-refractivity contribution in [2.24, 2.45) is 0 Å². The minimum absolute atomic E-state index is 0.131. The molecule has 2 aromatic carbocycles. The van der Waals surface area contributed by atoms with Gasteiger partial charge in [-0.05, 0) is 36.4 Å². The third kappa shape index (κ3) is 5.27. The van der Waals surface area contributed by atoms with Crippen molar-refractivity contribution in [2.45, 2.75) is 13.5 Å². The zero-order valence-corrected chi connectivity index (χ0v) is 17.1. The number of amides is 3. The Balaban J connectivity index is 1.64. The standard InChI is InChI=1S/C22H19N3O4S/c1-15-6-8-16(9-7-15)13-24-20(26)14-25-21(27)19(30-22(25)28)12-17-4-2-3-5-18(17)29-11-10-23/h2-9,12H,11,13-14H2,1H3,(H,24,26)/b19-12-. The van der Waals surface area contributed by atoms with Gasteiger partial charge in [-0.25, -0.2) is 0 Å². The molecular weight excluding hydrogens is 402 g/mol. The number of benzene rings is 2. The molecular formula is C22H19N3O4S. The smallest absolute Gasteiger partial charge is 0.294 e.